The summed E-state index contributed by atoms with van der Waals surface area (Å²) in [4.78, 5) is 15.0. The summed E-state index contributed by atoms with van der Waals surface area (Å²) in [6.45, 7) is 1.74. The molecule has 2 saturated heterocycles. The molecule has 0 unspecified atom stereocenters. The summed E-state index contributed by atoms with van der Waals surface area (Å²) in [5, 5.41) is 3.65. The molecular weight excluding hydrogens is 380 g/mol. The van der Waals surface area contributed by atoms with Gasteiger partial charge in [0, 0.05) is 32.5 Å². The molecule has 25 heavy (non-hydrogen) atoms. The highest BCUT2D eigenvalue weighted by Gasteiger charge is 2.51. The van der Waals surface area contributed by atoms with Crippen LogP contribution in [0.2, 0.25) is 0 Å². The highest BCUT2D eigenvalue weighted by molar-refractivity contribution is 7.91. The fourth-order valence-corrected chi connectivity index (χ4v) is 6.98. The van der Waals surface area contributed by atoms with Crippen molar-refractivity contribution < 1.29 is 17.9 Å². The lowest BCUT2D eigenvalue weighted by Gasteiger charge is -2.42. The van der Waals surface area contributed by atoms with Crippen molar-refractivity contribution in [2.24, 2.45) is 0 Å². The molecule has 4 heterocycles. The number of hydrogen-bond donors (Lipinski definition) is 0. The molecule has 2 aromatic heterocycles. The standard InChI is InChI=1S/C16H18N2O4S3/c19-15(13-3-1-11-23-13)17-7-5-16(6-8-17)18(9-10-22-16)25(20,21)14-4-2-12-24-14/h1-4,11-12H,5-10H2. The first-order chi connectivity index (χ1) is 12.0. The second kappa shape index (κ2) is 6.48. The second-order valence-electron chi connectivity index (χ2n) is 6.07. The predicted molar refractivity (Wildman–Crippen MR) is 96.4 cm³/mol. The van der Waals surface area contributed by atoms with Gasteiger partial charge in [-0.05, 0) is 22.9 Å². The lowest BCUT2D eigenvalue weighted by molar-refractivity contribution is -0.0856. The molecule has 2 fully saturated rings. The van der Waals surface area contributed by atoms with Crippen LogP contribution in [0.25, 0.3) is 0 Å². The number of ether oxygens (including phenoxy) is 1. The van der Waals surface area contributed by atoms with Crippen LogP contribution in [0.15, 0.2) is 39.2 Å². The van der Waals surface area contributed by atoms with Crippen LogP contribution in [0.1, 0.15) is 22.5 Å². The van der Waals surface area contributed by atoms with E-state index in [4.69, 9.17) is 4.74 Å². The Morgan fingerprint density at radius 1 is 1.08 bits per heavy atom. The number of carbonyl (C=O) groups excluding carboxylic acids is 1. The Morgan fingerprint density at radius 3 is 2.44 bits per heavy atom. The number of rotatable bonds is 3. The summed E-state index contributed by atoms with van der Waals surface area (Å²) >= 11 is 2.64. The number of sulfonamides is 1. The third kappa shape index (κ3) is 2.93. The SMILES string of the molecule is O=C(c1cccs1)N1CCC2(CC1)OCCN2S(=O)(=O)c1cccs1. The van der Waals surface area contributed by atoms with Gasteiger partial charge in [-0.3, -0.25) is 4.79 Å². The lowest BCUT2D eigenvalue weighted by atomic mass is 10.0. The minimum atomic E-state index is -3.56. The zero-order chi connectivity index (χ0) is 17.5. The molecule has 2 aliphatic rings. The van der Waals surface area contributed by atoms with Gasteiger partial charge in [0.15, 0.2) is 0 Å². The maximum atomic E-state index is 12.9. The van der Waals surface area contributed by atoms with Crippen LogP contribution in [0.3, 0.4) is 0 Å². The Labute approximate surface area is 154 Å². The average Bonchev–Trinajstić information content (AvgIpc) is 3.36. The minimum Gasteiger partial charge on any atom is -0.358 e. The number of carbonyl (C=O) groups is 1. The molecule has 0 atom stereocenters. The van der Waals surface area contributed by atoms with E-state index in [1.165, 1.54) is 27.0 Å². The van der Waals surface area contributed by atoms with E-state index in [2.05, 4.69) is 0 Å². The smallest absolute Gasteiger partial charge is 0.263 e. The van der Waals surface area contributed by atoms with Crippen molar-refractivity contribution in [2.75, 3.05) is 26.2 Å². The summed E-state index contributed by atoms with van der Waals surface area (Å²) < 4.78 is 33.7. The van der Waals surface area contributed by atoms with E-state index in [0.717, 1.165) is 0 Å². The Balaban J connectivity index is 1.52. The minimum absolute atomic E-state index is 0.00973. The van der Waals surface area contributed by atoms with Gasteiger partial charge < -0.3 is 9.64 Å². The van der Waals surface area contributed by atoms with Gasteiger partial charge >= 0.3 is 0 Å². The Morgan fingerprint density at radius 2 is 1.80 bits per heavy atom. The molecule has 0 saturated carbocycles. The van der Waals surface area contributed by atoms with Gasteiger partial charge in [-0.15, -0.1) is 22.7 Å². The number of piperidine rings is 1. The van der Waals surface area contributed by atoms with Gasteiger partial charge in [-0.25, -0.2) is 8.42 Å². The van der Waals surface area contributed by atoms with Crippen molar-refractivity contribution >= 4 is 38.6 Å². The maximum absolute atomic E-state index is 12.9. The quantitative estimate of drug-likeness (QED) is 0.797. The zero-order valence-electron chi connectivity index (χ0n) is 13.5. The number of likely N-dealkylation sites (tertiary alicyclic amines) is 1. The van der Waals surface area contributed by atoms with Crippen LogP contribution in [0, 0.1) is 0 Å². The molecule has 134 valence electrons. The van der Waals surface area contributed by atoms with Crippen molar-refractivity contribution in [2.45, 2.75) is 22.8 Å². The van der Waals surface area contributed by atoms with Crippen LogP contribution in [0.4, 0.5) is 0 Å². The van der Waals surface area contributed by atoms with Crippen LogP contribution in [-0.2, 0) is 14.8 Å². The first kappa shape index (κ1) is 17.2. The highest BCUT2D eigenvalue weighted by atomic mass is 32.2. The molecule has 2 aliphatic heterocycles. The lowest BCUT2D eigenvalue weighted by Crippen LogP contribution is -2.55. The molecule has 0 bridgehead atoms. The highest BCUT2D eigenvalue weighted by Crippen LogP contribution is 2.39. The van der Waals surface area contributed by atoms with Crippen LogP contribution >= 0.6 is 22.7 Å². The molecule has 6 nitrogen and oxygen atoms in total. The van der Waals surface area contributed by atoms with E-state index >= 15 is 0 Å². The van der Waals surface area contributed by atoms with E-state index in [-0.39, 0.29) is 5.91 Å². The summed E-state index contributed by atoms with van der Waals surface area (Å²) in [6, 6.07) is 7.04. The maximum Gasteiger partial charge on any atom is 0.263 e. The van der Waals surface area contributed by atoms with E-state index in [0.29, 0.717) is 48.2 Å². The molecule has 0 radical (unpaired) electrons. The molecule has 0 N–H and O–H groups in total. The van der Waals surface area contributed by atoms with Crippen molar-refractivity contribution in [3.8, 4) is 0 Å². The van der Waals surface area contributed by atoms with Gasteiger partial charge in [0.1, 0.15) is 9.93 Å². The third-order valence-corrected chi connectivity index (χ3v) is 8.90. The topological polar surface area (TPSA) is 66.9 Å². The van der Waals surface area contributed by atoms with Gasteiger partial charge in [0.2, 0.25) is 0 Å². The molecule has 4 rings (SSSR count). The fourth-order valence-electron chi connectivity index (χ4n) is 3.46. The van der Waals surface area contributed by atoms with Crippen LogP contribution in [0.5, 0.6) is 0 Å². The fraction of sp³-hybridized carbons (Fsp3) is 0.438. The molecule has 9 heteroatoms. The Kier molecular flexibility index (Phi) is 4.45. The molecule has 0 aromatic carbocycles. The van der Waals surface area contributed by atoms with Gasteiger partial charge in [-0.2, -0.15) is 4.31 Å². The van der Waals surface area contributed by atoms with E-state index in [1.807, 2.05) is 17.5 Å². The summed E-state index contributed by atoms with van der Waals surface area (Å²) in [5.41, 5.74) is -0.824. The van der Waals surface area contributed by atoms with Gasteiger partial charge in [-0.1, -0.05) is 12.1 Å². The van der Waals surface area contributed by atoms with E-state index in [1.54, 1.807) is 22.4 Å². The summed E-state index contributed by atoms with van der Waals surface area (Å²) in [7, 11) is -3.56. The van der Waals surface area contributed by atoms with E-state index < -0.39 is 15.7 Å². The summed E-state index contributed by atoms with van der Waals surface area (Å²) in [6.07, 6.45) is 0.990. The molecule has 2 aromatic rings. The number of nitrogens with zero attached hydrogens (tertiary/aromatic N) is 2. The van der Waals surface area contributed by atoms with Crippen molar-refractivity contribution in [3.05, 3.63) is 39.9 Å². The normalized spacial score (nSPS) is 21.0. The number of amides is 1. The van der Waals surface area contributed by atoms with Crippen LogP contribution < -0.4 is 0 Å². The van der Waals surface area contributed by atoms with Gasteiger partial charge in [0.05, 0.1) is 11.5 Å². The summed E-state index contributed by atoms with van der Waals surface area (Å²) in [5.74, 6) is 0.00973. The second-order valence-corrected chi connectivity index (χ2v) is 10.1. The number of thiophene rings is 2. The third-order valence-electron chi connectivity index (χ3n) is 4.72. The predicted octanol–water partition coefficient (Wildman–Crippen LogP) is 2.46. The van der Waals surface area contributed by atoms with Crippen molar-refractivity contribution in [1.82, 2.24) is 9.21 Å². The monoisotopic (exact) mass is 398 g/mol. The zero-order valence-corrected chi connectivity index (χ0v) is 15.9. The van der Waals surface area contributed by atoms with Gasteiger partial charge in [0.25, 0.3) is 15.9 Å². The first-order valence-electron chi connectivity index (χ1n) is 8.06. The van der Waals surface area contributed by atoms with Crippen LogP contribution in [-0.4, -0.2) is 55.5 Å². The molecule has 1 spiro atoms. The Hall–Kier alpha value is -1.26. The molecular formula is C16H18N2O4S3. The largest absolute Gasteiger partial charge is 0.358 e. The Bertz CT molecular complexity index is 838. The first-order valence-corrected chi connectivity index (χ1v) is 11.3. The van der Waals surface area contributed by atoms with Crippen molar-refractivity contribution in [3.63, 3.8) is 0 Å². The molecule has 1 amide bonds. The molecule has 0 aliphatic carbocycles. The number of hydrogen-bond acceptors (Lipinski definition) is 6. The van der Waals surface area contributed by atoms with Crippen molar-refractivity contribution in [1.29, 1.82) is 0 Å². The average molecular weight is 399 g/mol. The van der Waals surface area contributed by atoms with E-state index in [9.17, 15) is 13.2 Å².